The Morgan fingerprint density at radius 3 is 2.73 bits per heavy atom. The molecule has 84 valence electrons. The van der Waals surface area contributed by atoms with E-state index in [9.17, 15) is 0 Å². The number of alkyl halides is 1. The van der Waals surface area contributed by atoms with Gasteiger partial charge >= 0.3 is 0 Å². The van der Waals surface area contributed by atoms with Crippen molar-refractivity contribution >= 4 is 27.5 Å². The molecular formula is C11H15BrClNO. The summed E-state index contributed by atoms with van der Waals surface area (Å²) in [5.74, 6) is 1.49. The number of benzene rings is 1. The summed E-state index contributed by atoms with van der Waals surface area (Å²) in [6, 6.07) is 6.37. The van der Waals surface area contributed by atoms with Crippen LogP contribution in [-0.4, -0.2) is 20.0 Å². The maximum Gasteiger partial charge on any atom is 0.133 e. The van der Waals surface area contributed by atoms with E-state index >= 15 is 0 Å². The second-order valence-electron chi connectivity index (χ2n) is 3.21. The van der Waals surface area contributed by atoms with Crippen LogP contribution in [0.5, 0.6) is 5.75 Å². The molecule has 1 atom stereocenters. The standard InChI is InChI=1S/C11H15BrClNO/c1-14-10(5-6-13)8-3-4-11(15-2)9(12)7-8/h3-4,7,10,14H,5-6H2,1-2H3. The molecule has 0 aliphatic rings. The van der Waals surface area contributed by atoms with Crippen molar-refractivity contribution in [1.29, 1.82) is 0 Å². The number of ether oxygens (including phenoxy) is 1. The number of rotatable bonds is 5. The lowest BCUT2D eigenvalue weighted by molar-refractivity contribution is 0.411. The van der Waals surface area contributed by atoms with Gasteiger partial charge in [0.2, 0.25) is 0 Å². The minimum atomic E-state index is 0.296. The minimum absolute atomic E-state index is 0.296. The number of nitrogens with one attached hydrogen (secondary N) is 1. The zero-order valence-corrected chi connectivity index (χ0v) is 11.2. The Morgan fingerprint density at radius 1 is 1.53 bits per heavy atom. The Labute approximate surface area is 104 Å². The van der Waals surface area contributed by atoms with Gasteiger partial charge in [-0.3, -0.25) is 0 Å². The molecule has 0 bridgehead atoms. The fraction of sp³-hybridized carbons (Fsp3) is 0.455. The average molecular weight is 293 g/mol. The van der Waals surface area contributed by atoms with Crippen molar-refractivity contribution in [2.24, 2.45) is 0 Å². The highest BCUT2D eigenvalue weighted by Crippen LogP contribution is 2.29. The van der Waals surface area contributed by atoms with Crippen LogP contribution in [0.4, 0.5) is 0 Å². The fourth-order valence-electron chi connectivity index (χ4n) is 1.49. The van der Waals surface area contributed by atoms with Crippen molar-refractivity contribution in [2.45, 2.75) is 12.5 Å². The third-order valence-electron chi connectivity index (χ3n) is 2.32. The molecule has 0 radical (unpaired) electrons. The second-order valence-corrected chi connectivity index (χ2v) is 4.45. The lowest BCUT2D eigenvalue weighted by atomic mass is 10.0. The van der Waals surface area contributed by atoms with Gasteiger partial charge in [-0.15, -0.1) is 11.6 Å². The molecule has 0 amide bonds. The number of methoxy groups -OCH3 is 1. The number of halogens is 2. The fourth-order valence-corrected chi connectivity index (χ4v) is 2.26. The first-order chi connectivity index (χ1) is 7.22. The van der Waals surface area contributed by atoms with E-state index in [0.717, 1.165) is 16.6 Å². The van der Waals surface area contributed by atoms with Gasteiger partial charge in [-0.2, -0.15) is 0 Å². The largest absolute Gasteiger partial charge is 0.496 e. The van der Waals surface area contributed by atoms with E-state index in [0.29, 0.717) is 11.9 Å². The van der Waals surface area contributed by atoms with Gasteiger partial charge in [0.1, 0.15) is 5.75 Å². The van der Waals surface area contributed by atoms with Gasteiger partial charge in [0.25, 0.3) is 0 Å². The molecule has 0 aromatic heterocycles. The maximum atomic E-state index is 5.75. The summed E-state index contributed by atoms with van der Waals surface area (Å²) in [5.41, 5.74) is 1.21. The van der Waals surface area contributed by atoms with Crippen LogP contribution in [0.3, 0.4) is 0 Å². The van der Waals surface area contributed by atoms with Gasteiger partial charge in [-0.1, -0.05) is 6.07 Å². The van der Waals surface area contributed by atoms with E-state index in [2.05, 4.69) is 33.4 Å². The molecule has 1 unspecified atom stereocenters. The first kappa shape index (κ1) is 12.8. The van der Waals surface area contributed by atoms with Crippen LogP contribution in [0.15, 0.2) is 22.7 Å². The second kappa shape index (κ2) is 6.36. The first-order valence-corrected chi connectivity index (χ1v) is 6.12. The molecule has 2 nitrogen and oxygen atoms in total. The van der Waals surface area contributed by atoms with Crippen LogP contribution < -0.4 is 10.1 Å². The first-order valence-electron chi connectivity index (χ1n) is 4.79. The van der Waals surface area contributed by atoms with Gasteiger partial charge < -0.3 is 10.1 Å². The van der Waals surface area contributed by atoms with Gasteiger partial charge in [0.05, 0.1) is 11.6 Å². The summed E-state index contributed by atoms with van der Waals surface area (Å²) in [5, 5.41) is 3.24. The monoisotopic (exact) mass is 291 g/mol. The third kappa shape index (κ3) is 3.37. The van der Waals surface area contributed by atoms with Crippen LogP contribution in [0.1, 0.15) is 18.0 Å². The van der Waals surface area contributed by atoms with Crippen LogP contribution in [-0.2, 0) is 0 Å². The summed E-state index contributed by atoms with van der Waals surface area (Å²) in [6.45, 7) is 0. The molecule has 1 aromatic rings. The van der Waals surface area contributed by atoms with Gasteiger partial charge in [-0.05, 0) is 47.1 Å². The lowest BCUT2D eigenvalue weighted by Gasteiger charge is -2.16. The summed E-state index contributed by atoms with van der Waals surface area (Å²) in [4.78, 5) is 0. The third-order valence-corrected chi connectivity index (χ3v) is 3.16. The van der Waals surface area contributed by atoms with Crippen molar-refractivity contribution in [2.75, 3.05) is 20.0 Å². The quantitative estimate of drug-likeness (QED) is 0.840. The molecule has 0 heterocycles. The van der Waals surface area contributed by atoms with Crippen LogP contribution in [0.25, 0.3) is 0 Å². The van der Waals surface area contributed by atoms with E-state index in [4.69, 9.17) is 16.3 Å². The summed E-state index contributed by atoms with van der Waals surface area (Å²) >= 11 is 9.22. The Balaban J connectivity index is 2.89. The number of hydrogen-bond acceptors (Lipinski definition) is 2. The molecule has 0 saturated heterocycles. The average Bonchev–Trinajstić information content (AvgIpc) is 2.25. The zero-order valence-electron chi connectivity index (χ0n) is 8.89. The summed E-state index contributed by atoms with van der Waals surface area (Å²) in [7, 11) is 3.60. The molecule has 0 fully saturated rings. The molecular weight excluding hydrogens is 277 g/mol. The van der Waals surface area contributed by atoms with Crippen molar-refractivity contribution in [3.8, 4) is 5.75 Å². The van der Waals surface area contributed by atoms with Crippen molar-refractivity contribution in [3.63, 3.8) is 0 Å². The summed E-state index contributed by atoms with van der Waals surface area (Å²) in [6.07, 6.45) is 0.914. The predicted octanol–water partition coefficient (Wildman–Crippen LogP) is 3.35. The molecule has 0 aliphatic heterocycles. The van der Waals surface area contributed by atoms with Crippen LogP contribution >= 0.6 is 27.5 Å². The van der Waals surface area contributed by atoms with Crippen molar-refractivity contribution in [3.05, 3.63) is 28.2 Å². The molecule has 15 heavy (non-hydrogen) atoms. The normalized spacial score (nSPS) is 12.5. The van der Waals surface area contributed by atoms with E-state index in [1.165, 1.54) is 5.56 Å². The Bertz CT molecular complexity index is 319. The van der Waals surface area contributed by atoms with Crippen LogP contribution in [0, 0.1) is 0 Å². The highest BCUT2D eigenvalue weighted by molar-refractivity contribution is 9.10. The Morgan fingerprint density at radius 2 is 2.27 bits per heavy atom. The van der Waals surface area contributed by atoms with Crippen molar-refractivity contribution < 1.29 is 4.74 Å². The van der Waals surface area contributed by atoms with E-state index < -0.39 is 0 Å². The molecule has 0 saturated carbocycles. The number of hydrogen-bond donors (Lipinski definition) is 1. The highest BCUT2D eigenvalue weighted by Gasteiger charge is 2.10. The van der Waals surface area contributed by atoms with Gasteiger partial charge in [0.15, 0.2) is 0 Å². The van der Waals surface area contributed by atoms with Crippen LogP contribution in [0.2, 0.25) is 0 Å². The molecule has 1 aromatic carbocycles. The Hall–Kier alpha value is -0.250. The smallest absolute Gasteiger partial charge is 0.133 e. The van der Waals surface area contributed by atoms with Crippen molar-refractivity contribution in [1.82, 2.24) is 5.32 Å². The van der Waals surface area contributed by atoms with E-state index in [1.807, 2.05) is 13.1 Å². The molecule has 0 spiro atoms. The maximum absolute atomic E-state index is 5.75. The zero-order chi connectivity index (χ0) is 11.3. The van der Waals surface area contributed by atoms with Gasteiger partial charge in [-0.25, -0.2) is 0 Å². The SMILES string of the molecule is CNC(CCCl)c1ccc(OC)c(Br)c1. The highest BCUT2D eigenvalue weighted by atomic mass is 79.9. The topological polar surface area (TPSA) is 21.3 Å². The Kier molecular flexibility index (Phi) is 5.43. The molecule has 0 aliphatic carbocycles. The predicted molar refractivity (Wildman–Crippen MR) is 67.8 cm³/mol. The summed E-state index contributed by atoms with van der Waals surface area (Å²) < 4.78 is 6.15. The molecule has 4 heteroatoms. The molecule has 1 N–H and O–H groups in total. The van der Waals surface area contributed by atoms with Gasteiger partial charge in [0, 0.05) is 11.9 Å². The lowest BCUT2D eigenvalue weighted by Crippen LogP contribution is -2.16. The van der Waals surface area contributed by atoms with E-state index in [-0.39, 0.29) is 0 Å². The minimum Gasteiger partial charge on any atom is -0.496 e. The van der Waals surface area contributed by atoms with E-state index in [1.54, 1.807) is 7.11 Å². The molecule has 1 rings (SSSR count).